The summed E-state index contributed by atoms with van der Waals surface area (Å²) < 4.78 is 22.9. The minimum Gasteiger partial charge on any atom is -0.419 e. The van der Waals surface area contributed by atoms with Gasteiger partial charge in [-0.3, -0.25) is 9.30 Å². The molecule has 1 aliphatic heterocycles. The fourth-order valence-corrected chi connectivity index (χ4v) is 3.99. The molecule has 5 rings (SSSR count). The molecule has 0 unspecified atom stereocenters. The lowest BCUT2D eigenvalue weighted by atomic mass is 10.0. The zero-order valence-electron chi connectivity index (χ0n) is 16.3. The molecule has 0 radical (unpaired) electrons. The van der Waals surface area contributed by atoms with Crippen molar-refractivity contribution in [2.75, 3.05) is 13.1 Å². The van der Waals surface area contributed by atoms with Gasteiger partial charge in [-0.15, -0.1) is 15.3 Å². The maximum atomic E-state index is 14.1. The van der Waals surface area contributed by atoms with Gasteiger partial charge in [-0.05, 0) is 43.7 Å². The molecular weight excluding hydrogens is 387 g/mol. The van der Waals surface area contributed by atoms with Crippen LogP contribution < -0.4 is 5.69 Å². The summed E-state index contributed by atoms with van der Waals surface area (Å²) in [6.07, 6.45) is 4.70. The smallest absolute Gasteiger partial charge is 0.350 e. The highest BCUT2D eigenvalue weighted by molar-refractivity contribution is 5.53. The minimum absolute atomic E-state index is 0.0560. The first-order valence-corrected chi connectivity index (χ1v) is 10.1. The van der Waals surface area contributed by atoms with Crippen LogP contribution >= 0.6 is 0 Å². The van der Waals surface area contributed by atoms with E-state index in [1.165, 1.54) is 15.1 Å². The van der Waals surface area contributed by atoms with Gasteiger partial charge in [-0.1, -0.05) is 24.6 Å². The van der Waals surface area contributed by atoms with E-state index in [-0.39, 0.29) is 23.4 Å². The Morgan fingerprint density at radius 2 is 1.93 bits per heavy atom. The van der Waals surface area contributed by atoms with E-state index in [1.807, 2.05) is 18.2 Å². The Bertz CT molecular complexity index is 1230. The van der Waals surface area contributed by atoms with E-state index >= 15 is 0 Å². The number of nitrogens with zero attached hydrogens (tertiary/aromatic N) is 6. The quantitative estimate of drug-likeness (QED) is 0.505. The molecule has 1 aromatic carbocycles. The summed E-state index contributed by atoms with van der Waals surface area (Å²) in [7, 11) is 0. The van der Waals surface area contributed by atoms with Gasteiger partial charge in [0.05, 0.1) is 18.2 Å². The molecule has 0 bridgehead atoms. The third-order valence-corrected chi connectivity index (χ3v) is 5.53. The van der Waals surface area contributed by atoms with Gasteiger partial charge in [-0.25, -0.2) is 13.9 Å². The molecule has 4 aromatic rings. The van der Waals surface area contributed by atoms with Crippen molar-refractivity contribution >= 4 is 5.65 Å². The van der Waals surface area contributed by atoms with Crippen LogP contribution in [0.1, 0.15) is 31.2 Å². The molecule has 1 fully saturated rings. The number of hydrogen-bond acceptors (Lipinski definition) is 6. The fourth-order valence-electron chi connectivity index (χ4n) is 3.99. The molecule has 9 heteroatoms. The van der Waals surface area contributed by atoms with Gasteiger partial charge >= 0.3 is 5.69 Å². The van der Waals surface area contributed by atoms with Crippen LogP contribution in [0.25, 0.3) is 17.1 Å². The standard InChI is InChI=1S/C21H21FN6O2/c22-16-8-2-1-7-15(16)19-23-24-20(30-19)17-9-3-5-11-26(17)13-14-28-21(29)27-12-6-4-10-18(27)25-28/h1-2,4,6-8,10,12,17H,3,5,9,11,13-14H2/t17-/m1/s1. The SMILES string of the molecule is O=c1n(CCN2CCCC[C@@H]2c2nnc(-c3ccccc3F)o2)nc2ccccn12. The monoisotopic (exact) mass is 408 g/mol. The molecule has 3 aromatic heterocycles. The summed E-state index contributed by atoms with van der Waals surface area (Å²) in [5.41, 5.74) is 0.776. The number of fused-ring (bicyclic) bond motifs is 1. The van der Waals surface area contributed by atoms with E-state index in [1.54, 1.807) is 24.4 Å². The van der Waals surface area contributed by atoms with Crippen LogP contribution in [0.4, 0.5) is 4.39 Å². The zero-order chi connectivity index (χ0) is 20.5. The summed E-state index contributed by atoms with van der Waals surface area (Å²) in [5, 5.41) is 12.7. The van der Waals surface area contributed by atoms with Crippen LogP contribution in [0.3, 0.4) is 0 Å². The number of piperidine rings is 1. The van der Waals surface area contributed by atoms with Crippen molar-refractivity contribution in [2.45, 2.75) is 31.8 Å². The average Bonchev–Trinajstić information content (AvgIpc) is 3.38. The predicted molar refractivity (Wildman–Crippen MR) is 107 cm³/mol. The van der Waals surface area contributed by atoms with Crippen molar-refractivity contribution in [2.24, 2.45) is 0 Å². The third-order valence-electron chi connectivity index (χ3n) is 5.53. The first-order valence-electron chi connectivity index (χ1n) is 10.1. The van der Waals surface area contributed by atoms with Crippen molar-refractivity contribution in [3.8, 4) is 11.5 Å². The van der Waals surface area contributed by atoms with E-state index < -0.39 is 0 Å². The Kier molecular flexibility index (Phi) is 4.88. The second kappa shape index (κ2) is 7.83. The Labute approximate surface area is 171 Å². The molecule has 30 heavy (non-hydrogen) atoms. The second-order valence-corrected chi connectivity index (χ2v) is 7.41. The Balaban J connectivity index is 1.35. The van der Waals surface area contributed by atoms with Crippen LogP contribution in [-0.4, -0.2) is 42.4 Å². The van der Waals surface area contributed by atoms with Crippen molar-refractivity contribution in [3.05, 3.63) is 70.9 Å². The van der Waals surface area contributed by atoms with Crippen molar-refractivity contribution in [3.63, 3.8) is 0 Å². The van der Waals surface area contributed by atoms with Crippen molar-refractivity contribution in [1.29, 1.82) is 0 Å². The molecule has 0 N–H and O–H groups in total. The summed E-state index contributed by atoms with van der Waals surface area (Å²) in [5.74, 6) is 0.278. The average molecular weight is 408 g/mol. The van der Waals surface area contributed by atoms with Crippen LogP contribution in [0, 0.1) is 5.82 Å². The number of rotatable bonds is 5. The number of aromatic nitrogens is 5. The number of pyridine rings is 1. The van der Waals surface area contributed by atoms with Crippen molar-refractivity contribution in [1.82, 2.24) is 29.3 Å². The topological polar surface area (TPSA) is 81.5 Å². The molecule has 154 valence electrons. The Morgan fingerprint density at radius 1 is 1.07 bits per heavy atom. The van der Waals surface area contributed by atoms with Crippen LogP contribution in [0.2, 0.25) is 0 Å². The Hall–Kier alpha value is -3.33. The number of likely N-dealkylation sites (tertiary alicyclic amines) is 1. The zero-order valence-corrected chi connectivity index (χ0v) is 16.3. The highest BCUT2D eigenvalue weighted by atomic mass is 19.1. The molecule has 8 nitrogen and oxygen atoms in total. The summed E-state index contributed by atoms with van der Waals surface area (Å²) in [4.78, 5) is 14.7. The highest BCUT2D eigenvalue weighted by Gasteiger charge is 2.29. The molecule has 1 saturated heterocycles. The largest absolute Gasteiger partial charge is 0.419 e. The molecular formula is C21H21FN6O2. The molecule has 0 amide bonds. The summed E-state index contributed by atoms with van der Waals surface area (Å²) >= 11 is 0. The van der Waals surface area contributed by atoms with E-state index in [0.29, 0.717) is 30.2 Å². The summed E-state index contributed by atoms with van der Waals surface area (Å²) in [6, 6.07) is 11.8. The number of halogens is 1. The molecule has 4 heterocycles. The number of benzene rings is 1. The van der Waals surface area contributed by atoms with Gasteiger partial charge < -0.3 is 4.42 Å². The van der Waals surface area contributed by atoms with Gasteiger partial charge in [0.2, 0.25) is 5.89 Å². The fraction of sp³-hybridized carbons (Fsp3) is 0.333. The second-order valence-electron chi connectivity index (χ2n) is 7.41. The predicted octanol–water partition coefficient (Wildman–Crippen LogP) is 2.91. The van der Waals surface area contributed by atoms with E-state index in [9.17, 15) is 9.18 Å². The van der Waals surface area contributed by atoms with Gasteiger partial charge in [0.1, 0.15) is 5.82 Å². The van der Waals surface area contributed by atoms with Crippen LogP contribution in [0.5, 0.6) is 0 Å². The molecule has 0 aliphatic carbocycles. The minimum atomic E-state index is -0.389. The first-order chi connectivity index (χ1) is 14.7. The first kappa shape index (κ1) is 18.7. The lowest BCUT2D eigenvalue weighted by Gasteiger charge is -2.33. The normalized spacial score (nSPS) is 17.6. The van der Waals surface area contributed by atoms with Gasteiger partial charge in [-0.2, -0.15) is 0 Å². The van der Waals surface area contributed by atoms with Gasteiger partial charge in [0.15, 0.2) is 5.65 Å². The van der Waals surface area contributed by atoms with Crippen molar-refractivity contribution < 1.29 is 8.81 Å². The molecule has 0 spiro atoms. The van der Waals surface area contributed by atoms with Crippen LogP contribution in [0.15, 0.2) is 57.9 Å². The molecule has 1 aliphatic rings. The van der Waals surface area contributed by atoms with E-state index in [2.05, 4.69) is 20.2 Å². The number of hydrogen-bond donors (Lipinski definition) is 0. The maximum absolute atomic E-state index is 14.1. The van der Waals surface area contributed by atoms with Crippen LogP contribution in [-0.2, 0) is 6.54 Å². The lowest BCUT2D eigenvalue weighted by molar-refractivity contribution is 0.119. The Morgan fingerprint density at radius 3 is 2.80 bits per heavy atom. The molecule has 1 atom stereocenters. The lowest BCUT2D eigenvalue weighted by Crippen LogP contribution is -2.37. The maximum Gasteiger partial charge on any atom is 0.350 e. The molecule has 0 saturated carbocycles. The van der Waals surface area contributed by atoms with Gasteiger partial charge in [0, 0.05) is 12.7 Å². The highest BCUT2D eigenvalue weighted by Crippen LogP contribution is 2.32. The van der Waals surface area contributed by atoms with Gasteiger partial charge in [0.25, 0.3) is 5.89 Å². The summed E-state index contributed by atoms with van der Waals surface area (Å²) in [6.45, 7) is 1.96. The van der Waals surface area contributed by atoms with E-state index in [0.717, 1.165) is 25.8 Å². The third kappa shape index (κ3) is 3.41. The van der Waals surface area contributed by atoms with E-state index in [4.69, 9.17) is 4.42 Å².